The van der Waals surface area contributed by atoms with Crippen LogP contribution in [-0.2, 0) is 11.8 Å². The van der Waals surface area contributed by atoms with Crippen LogP contribution in [-0.4, -0.2) is 12.3 Å². The minimum atomic E-state index is -1.13. The van der Waals surface area contributed by atoms with E-state index in [9.17, 15) is 0 Å². The lowest BCUT2D eigenvalue weighted by Gasteiger charge is -2.26. The molecule has 0 saturated carbocycles. The van der Waals surface area contributed by atoms with Crippen molar-refractivity contribution in [2.24, 2.45) is 0 Å². The first-order valence-corrected chi connectivity index (χ1v) is 8.12. The van der Waals surface area contributed by atoms with E-state index in [1.807, 2.05) is 0 Å². The molecule has 0 N–H and O–H groups in total. The van der Waals surface area contributed by atoms with Gasteiger partial charge in [-0.3, -0.25) is 0 Å². The molecule has 0 aromatic heterocycles. The highest BCUT2D eigenvalue weighted by molar-refractivity contribution is 8.18. The third-order valence-corrected chi connectivity index (χ3v) is 7.81. The molecule has 1 saturated heterocycles. The van der Waals surface area contributed by atoms with Crippen LogP contribution in [0.1, 0.15) is 19.3 Å². The van der Waals surface area contributed by atoms with Crippen LogP contribution in [0.15, 0.2) is 30.3 Å². The van der Waals surface area contributed by atoms with E-state index in [4.69, 9.17) is 11.8 Å². The van der Waals surface area contributed by atoms with Crippen LogP contribution in [0.4, 0.5) is 0 Å². The number of benzene rings is 1. The van der Waals surface area contributed by atoms with Gasteiger partial charge < -0.3 is 0 Å². The van der Waals surface area contributed by atoms with Crippen molar-refractivity contribution in [1.82, 2.24) is 0 Å². The fourth-order valence-corrected chi connectivity index (χ4v) is 6.04. The lowest BCUT2D eigenvalue weighted by molar-refractivity contribution is 0.754. The van der Waals surface area contributed by atoms with E-state index in [0.717, 1.165) is 0 Å². The van der Waals surface area contributed by atoms with Crippen LogP contribution >= 0.6 is 6.04 Å². The van der Waals surface area contributed by atoms with Crippen molar-refractivity contribution in [2.45, 2.75) is 19.3 Å². The molecule has 13 heavy (non-hydrogen) atoms. The summed E-state index contributed by atoms with van der Waals surface area (Å²) in [5.41, 5.74) is 0. The molecule has 1 heterocycles. The zero-order valence-electron chi connectivity index (χ0n) is 7.78. The van der Waals surface area contributed by atoms with Gasteiger partial charge in [-0.05, 0) is 36.5 Å². The maximum absolute atomic E-state index is 5.83. The Balaban J connectivity index is 2.29. The Morgan fingerprint density at radius 2 is 1.54 bits per heavy atom. The summed E-state index contributed by atoms with van der Waals surface area (Å²) in [5.74, 6) is 0. The van der Waals surface area contributed by atoms with Crippen molar-refractivity contribution in [3.8, 4) is 0 Å². The van der Waals surface area contributed by atoms with E-state index in [2.05, 4.69) is 30.3 Å². The normalized spacial score (nSPS) is 21.2. The Bertz CT molecular complexity index is 308. The molecule has 0 amide bonds. The lowest BCUT2D eigenvalue weighted by atomic mass is 10.3. The molecule has 0 atom stereocenters. The first-order valence-electron chi connectivity index (χ1n) is 4.95. The van der Waals surface area contributed by atoms with Crippen LogP contribution in [0.2, 0.25) is 0 Å². The number of hydrogen-bond acceptors (Lipinski definition) is 1. The highest BCUT2D eigenvalue weighted by Crippen LogP contribution is 2.49. The Morgan fingerprint density at radius 3 is 2.15 bits per heavy atom. The smallest absolute Gasteiger partial charge is 0.0142 e. The Hall–Kier alpha value is -0.130. The SMILES string of the molecule is S=P1(c2ccccc2)CCCCC1. The largest absolute Gasteiger partial charge is 0.0926 e. The van der Waals surface area contributed by atoms with Gasteiger partial charge in [0.15, 0.2) is 0 Å². The number of rotatable bonds is 1. The van der Waals surface area contributed by atoms with Gasteiger partial charge in [0.2, 0.25) is 0 Å². The quantitative estimate of drug-likeness (QED) is 0.642. The summed E-state index contributed by atoms with van der Waals surface area (Å²) in [5, 5.41) is 1.46. The van der Waals surface area contributed by atoms with Crippen molar-refractivity contribution in [3.05, 3.63) is 30.3 Å². The maximum Gasteiger partial charge on any atom is -0.0142 e. The second-order valence-electron chi connectivity index (χ2n) is 3.73. The summed E-state index contributed by atoms with van der Waals surface area (Å²) in [6.07, 6.45) is 6.70. The summed E-state index contributed by atoms with van der Waals surface area (Å²) in [6, 6.07) is 9.65. The van der Waals surface area contributed by atoms with Gasteiger partial charge in [0.1, 0.15) is 0 Å². The molecule has 0 radical (unpaired) electrons. The third kappa shape index (κ3) is 2.03. The van der Waals surface area contributed by atoms with Gasteiger partial charge in [0.05, 0.1) is 0 Å². The van der Waals surface area contributed by atoms with E-state index in [0.29, 0.717) is 0 Å². The summed E-state index contributed by atoms with van der Waals surface area (Å²) in [7, 11) is 0. The van der Waals surface area contributed by atoms with Crippen LogP contribution < -0.4 is 5.30 Å². The molecular weight excluding hydrogens is 195 g/mol. The molecule has 1 aliphatic rings. The zero-order valence-corrected chi connectivity index (χ0v) is 9.49. The first-order chi connectivity index (χ1) is 6.31. The maximum atomic E-state index is 5.83. The van der Waals surface area contributed by atoms with Crippen LogP contribution in [0.5, 0.6) is 0 Å². The summed E-state index contributed by atoms with van der Waals surface area (Å²) in [6.45, 7) is 0. The Labute approximate surface area is 85.4 Å². The molecule has 2 heteroatoms. The minimum Gasteiger partial charge on any atom is -0.0926 e. The van der Waals surface area contributed by atoms with Crippen LogP contribution in [0.25, 0.3) is 0 Å². The molecule has 2 rings (SSSR count). The Kier molecular flexibility index (Phi) is 2.86. The van der Waals surface area contributed by atoms with Gasteiger partial charge in [-0.25, -0.2) is 0 Å². The average molecular weight is 210 g/mol. The van der Waals surface area contributed by atoms with Crippen LogP contribution in [0.3, 0.4) is 0 Å². The van der Waals surface area contributed by atoms with Crippen molar-refractivity contribution >= 4 is 23.1 Å². The molecule has 0 bridgehead atoms. The van der Waals surface area contributed by atoms with Gasteiger partial charge in [0.25, 0.3) is 0 Å². The van der Waals surface area contributed by atoms with Gasteiger partial charge in [0, 0.05) is 0 Å². The van der Waals surface area contributed by atoms with Gasteiger partial charge in [-0.15, -0.1) is 0 Å². The minimum absolute atomic E-state index is 1.13. The van der Waals surface area contributed by atoms with Crippen LogP contribution in [0, 0.1) is 0 Å². The Morgan fingerprint density at radius 1 is 0.923 bits per heavy atom. The fourth-order valence-electron chi connectivity index (χ4n) is 1.98. The van der Waals surface area contributed by atoms with Gasteiger partial charge >= 0.3 is 0 Å². The third-order valence-electron chi connectivity index (χ3n) is 2.77. The van der Waals surface area contributed by atoms with Gasteiger partial charge in [-0.2, -0.15) is 0 Å². The molecule has 70 valence electrons. The molecule has 1 aromatic rings. The summed E-state index contributed by atoms with van der Waals surface area (Å²) in [4.78, 5) is 0. The van der Waals surface area contributed by atoms with Crippen molar-refractivity contribution in [1.29, 1.82) is 0 Å². The topological polar surface area (TPSA) is 0 Å². The van der Waals surface area contributed by atoms with Gasteiger partial charge in [-0.1, -0.05) is 48.6 Å². The molecule has 0 aliphatic carbocycles. The summed E-state index contributed by atoms with van der Waals surface area (Å²) >= 11 is 5.83. The molecule has 1 aromatic carbocycles. The highest BCUT2D eigenvalue weighted by atomic mass is 32.4. The number of hydrogen-bond donors (Lipinski definition) is 0. The first kappa shape index (κ1) is 9.43. The van der Waals surface area contributed by atoms with Crippen molar-refractivity contribution < 1.29 is 0 Å². The molecule has 0 spiro atoms. The molecule has 0 unspecified atom stereocenters. The molecule has 1 fully saturated rings. The van der Waals surface area contributed by atoms with E-state index in [-0.39, 0.29) is 0 Å². The second kappa shape index (κ2) is 3.94. The van der Waals surface area contributed by atoms with E-state index in [1.165, 1.54) is 36.9 Å². The van der Waals surface area contributed by atoms with E-state index < -0.39 is 6.04 Å². The molecule has 1 aliphatic heterocycles. The van der Waals surface area contributed by atoms with E-state index in [1.54, 1.807) is 0 Å². The predicted octanol–water partition coefficient (Wildman–Crippen LogP) is 2.98. The second-order valence-corrected chi connectivity index (χ2v) is 9.02. The zero-order chi connectivity index (χ0) is 9.15. The van der Waals surface area contributed by atoms with E-state index >= 15 is 0 Å². The molecular formula is C11H15PS. The standard InChI is InChI=1S/C11H15PS/c13-12(9-5-2-6-10-12)11-7-3-1-4-8-11/h1,3-4,7-8H,2,5-6,9-10H2. The summed E-state index contributed by atoms with van der Waals surface area (Å²) < 4.78 is 0. The lowest BCUT2D eigenvalue weighted by Crippen LogP contribution is -2.13. The monoisotopic (exact) mass is 210 g/mol. The predicted molar refractivity (Wildman–Crippen MR) is 63.9 cm³/mol. The molecule has 0 nitrogen and oxygen atoms in total. The average Bonchev–Trinajstić information content (AvgIpc) is 2.20. The fraction of sp³-hybridized carbons (Fsp3) is 0.455. The van der Waals surface area contributed by atoms with Crippen molar-refractivity contribution in [3.63, 3.8) is 0 Å². The highest BCUT2D eigenvalue weighted by Gasteiger charge is 2.21. The van der Waals surface area contributed by atoms with Crippen molar-refractivity contribution in [2.75, 3.05) is 12.3 Å².